The van der Waals surface area contributed by atoms with Gasteiger partial charge in [0.2, 0.25) is 5.91 Å². The van der Waals surface area contributed by atoms with Gasteiger partial charge < -0.3 is 15.0 Å². The van der Waals surface area contributed by atoms with Crippen molar-refractivity contribution in [3.63, 3.8) is 0 Å². The molecule has 1 N–H and O–H groups in total. The maximum atomic E-state index is 11.4. The van der Waals surface area contributed by atoms with Crippen molar-refractivity contribution in [1.82, 2.24) is 9.88 Å². The summed E-state index contributed by atoms with van der Waals surface area (Å²) in [6.45, 7) is 1.21. The lowest BCUT2D eigenvalue weighted by atomic mass is 9.95. The number of hydrogen-bond acceptors (Lipinski definition) is 5. The Morgan fingerprint density at radius 1 is 1.50 bits per heavy atom. The number of amides is 1. The van der Waals surface area contributed by atoms with Gasteiger partial charge >= 0.3 is 0 Å². The molecular formula is C16H20N4O2. The first-order valence-corrected chi connectivity index (χ1v) is 7.69. The van der Waals surface area contributed by atoms with Crippen LogP contribution in [0.3, 0.4) is 0 Å². The van der Waals surface area contributed by atoms with Crippen LogP contribution in [0.4, 0.5) is 5.82 Å². The van der Waals surface area contributed by atoms with Gasteiger partial charge in [0.25, 0.3) is 0 Å². The molecular weight excluding hydrogens is 280 g/mol. The number of morpholine rings is 1. The summed E-state index contributed by atoms with van der Waals surface area (Å²) < 4.78 is 5.50. The first-order valence-electron chi connectivity index (χ1n) is 7.69. The van der Waals surface area contributed by atoms with E-state index in [9.17, 15) is 10.1 Å². The fourth-order valence-electron chi connectivity index (χ4n) is 2.95. The second kappa shape index (κ2) is 6.32. The van der Waals surface area contributed by atoms with Crippen LogP contribution in [0.25, 0.3) is 0 Å². The molecule has 0 bridgehead atoms. The Morgan fingerprint density at radius 3 is 3.09 bits per heavy atom. The van der Waals surface area contributed by atoms with Gasteiger partial charge in [-0.15, -0.1) is 0 Å². The van der Waals surface area contributed by atoms with Crippen molar-refractivity contribution in [2.24, 2.45) is 0 Å². The maximum absolute atomic E-state index is 11.4. The summed E-state index contributed by atoms with van der Waals surface area (Å²) >= 11 is 0. The Hall–Kier alpha value is -2.13. The van der Waals surface area contributed by atoms with Crippen LogP contribution in [0.5, 0.6) is 0 Å². The van der Waals surface area contributed by atoms with Gasteiger partial charge in [0.15, 0.2) is 0 Å². The molecule has 1 atom stereocenters. The van der Waals surface area contributed by atoms with E-state index in [4.69, 9.17) is 4.74 Å². The number of rotatable bonds is 3. The van der Waals surface area contributed by atoms with Gasteiger partial charge in [0.1, 0.15) is 18.5 Å². The van der Waals surface area contributed by atoms with Crippen LogP contribution < -0.4 is 5.32 Å². The first-order chi connectivity index (χ1) is 10.7. The van der Waals surface area contributed by atoms with E-state index >= 15 is 0 Å². The Balaban J connectivity index is 1.69. The topological polar surface area (TPSA) is 78.2 Å². The van der Waals surface area contributed by atoms with Crippen molar-refractivity contribution in [3.8, 4) is 6.07 Å². The van der Waals surface area contributed by atoms with Gasteiger partial charge in [-0.05, 0) is 37.3 Å². The average molecular weight is 300 g/mol. The van der Waals surface area contributed by atoms with E-state index in [1.54, 1.807) is 11.9 Å². The number of anilines is 1. The quantitative estimate of drug-likeness (QED) is 0.904. The molecule has 22 heavy (non-hydrogen) atoms. The third kappa shape index (κ3) is 3.04. The number of fused-ring (bicyclic) bond motifs is 1. The number of aromatic nitrogens is 1. The van der Waals surface area contributed by atoms with Crippen molar-refractivity contribution in [1.29, 1.82) is 5.26 Å². The molecule has 0 spiro atoms. The summed E-state index contributed by atoms with van der Waals surface area (Å²) in [5.74, 6) is 0.632. The van der Waals surface area contributed by atoms with Crippen LogP contribution in [-0.2, 0) is 22.4 Å². The van der Waals surface area contributed by atoms with Crippen molar-refractivity contribution in [2.75, 3.05) is 32.1 Å². The van der Waals surface area contributed by atoms with E-state index in [1.165, 1.54) is 12.0 Å². The highest BCUT2D eigenvalue weighted by Gasteiger charge is 2.24. The highest BCUT2D eigenvalue weighted by molar-refractivity contribution is 5.77. The second-order valence-corrected chi connectivity index (χ2v) is 5.90. The number of hydrogen-bond donors (Lipinski definition) is 1. The van der Waals surface area contributed by atoms with Gasteiger partial charge in [-0.1, -0.05) is 0 Å². The standard InChI is InChI=1S/C16H20N4O2/c1-20-9-13(22-10-15(20)21)8-18-16-12(7-17)6-11-4-2-3-5-14(11)19-16/h6,13H,2-5,8-10H2,1H3,(H,18,19). The summed E-state index contributed by atoms with van der Waals surface area (Å²) in [6, 6.07) is 4.18. The molecule has 1 fully saturated rings. The van der Waals surface area contributed by atoms with Crippen LogP contribution >= 0.6 is 0 Å². The summed E-state index contributed by atoms with van der Waals surface area (Å²) in [5, 5.41) is 12.5. The molecule has 116 valence electrons. The van der Waals surface area contributed by atoms with Crippen molar-refractivity contribution >= 4 is 11.7 Å². The Labute approximate surface area is 130 Å². The summed E-state index contributed by atoms with van der Waals surface area (Å²) in [7, 11) is 1.77. The van der Waals surface area contributed by atoms with Crippen molar-refractivity contribution in [3.05, 3.63) is 22.9 Å². The number of nitrogens with one attached hydrogen (secondary N) is 1. The van der Waals surface area contributed by atoms with Crippen molar-refractivity contribution < 1.29 is 9.53 Å². The average Bonchev–Trinajstić information content (AvgIpc) is 2.55. The summed E-state index contributed by atoms with van der Waals surface area (Å²) in [6.07, 6.45) is 4.24. The Bertz CT molecular complexity index is 623. The number of ether oxygens (including phenoxy) is 1. The Kier molecular flexibility index (Phi) is 4.25. The highest BCUT2D eigenvalue weighted by atomic mass is 16.5. The van der Waals surface area contributed by atoms with Gasteiger partial charge in [-0.25, -0.2) is 4.98 Å². The molecule has 0 saturated carbocycles. The highest BCUT2D eigenvalue weighted by Crippen LogP contribution is 2.24. The third-order valence-corrected chi connectivity index (χ3v) is 4.26. The third-order valence-electron chi connectivity index (χ3n) is 4.26. The minimum absolute atomic E-state index is 0.000805. The Morgan fingerprint density at radius 2 is 2.32 bits per heavy atom. The largest absolute Gasteiger partial charge is 0.366 e. The normalized spacial score (nSPS) is 21.2. The van der Waals surface area contributed by atoms with E-state index in [-0.39, 0.29) is 18.6 Å². The first kappa shape index (κ1) is 14.8. The van der Waals surface area contributed by atoms with Gasteiger partial charge in [-0.3, -0.25) is 4.79 Å². The fourth-order valence-corrected chi connectivity index (χ4v) is 2.95. The lowest BCUT2D eigenvalue weighted by Crippen LogP contribution is -2.46. The molecule has 1 aromatic rings. The number of carbonyl (C=O) groups excluding carboxylic acids is 1. The molecule has 6 nitrogen and oxygen atoms in total. The molecule has 6 heteroatoms. The number of nitriles is 1. The SMILES string of the molecule is CN1CC(CNc2nc3c(cc2C#N)CCCC3)OCC1=O. The number of aryl methyl sites for hydroxylation is 2. The van der Waals surface area contributed by atoms with Crippen LogP contribution in [0, 0.1) is 11.3 Å². The predicted octanol–water partition coefficient (Wildman–Crippen LogP) is 1.10. The lowest BCUT2D eigenvalue weighted by molar-refractivity contribution is -0.145. The van der Waals surface area contributed by atoms with E-state index < -0.39 is 0 Å². The van der Waals surface area contributed by atoms with Gasteiger partial charge in [-0.2, -0.15) is 5.26 Å². The lowest BCUT2D eigenvalue weighted by Gasteiger charge is -2.30. The molecule has 2 heterocycles. The molecule has 1 unspecified atom stereocenters. The van der Waals surface area contributed by atoms with Crippen LogP contribution in [-0.4, -0.2) is 48.6 Å². The van der Waals surface area contributed by atoms with E-state index in [0.717, 1.165) is 25.0 Å². The molecule has 1 saturated heterocycles. The number of pyridine rings is 1. The van der Waals surface area contributed by atoms with Crippen molar-refractivity contribution in [2.45, 2.75) is 31.8 Å². The molecule has 0 radical (unpaired) electrons. The molecule has 1 aliphatic heterocycles. The van der Waals surface area contributed by atoms with Crippen LogP contribution in [0.1, 0.15) is 29.7 Å². The second-order valence-electron chi connectivity index (χ2n) is 5.90. The fraction of sp³-hybridized carbons (Fsp3) is 0.562. The zero-order chi connectivity index (χ0) is 15.5. The van der Waals surface area contributed by atoms with Crippen LogP contribution in [0.2, 0.25) is 0 Å². The predicted molar refractivity (Wildman–Crippen MR) is 81.5 cm³/mol. The summed E-state index contributed by atoms with van der Waals surface area (Å²) in [4.78, 5) is 17.7. The number of likely N-dealkylation sites (N-methyl/N-ethyl adjacent to an activating group) is 1. The smallest absolute Gasteiger partial charge is 0.248 e. The molecule has 0 aromatic carbocycles. The molecule has 3 rings (SSSR count). The zero-order valence-corrected chi connectivity index (χ0v) is 12.8. The van der Waals surface area contributed by atoms with Gasteiger partial charge in [0, 0.05) is 25.8 Å². The van der Waals surface area contributed by atoms with E-state index in [2.05, 4.69) is 16.4 Å². The van der Waals surface area contributed by atoms with Crippen LogP contribution in [0.15, 0.2) is 6.07 Å². The van der Waals surface area contributed by atoms with E-state index in [0.29, 0.717) is 24.5 Å². The monoisotopic (exact) mass is 300 g/mol. The zero-order valence-electron chi connectivity index (χ0n) is 12.8. The maximum Gasteiger partial charge on any atom is 0.248 e. The molecule has 1 aliphatic carbocycles. The number of nitrogens with zero attached hydrogens (tertiary/aromatic N) is 3. The molecule has 1 aromatic heterocycles. The minimum Gasteiger partial charge on any atom is -0.366 e. The van der Waals surface area contributed by atoms with E-state index in [1.807, 2.05) is 6.07 Å². The molecule has 2 aliphatic rings. The summed E-state index contributed by atoms with van der Waals surface area (Å²) in [5.41, 5.74) is 2.89. The molecule has 1 amide bonds. The minimum atomic E-state index is -0.0768. The van der Waals surface area contributed by atoms with Gasteiger partial charge in [0.05, 0.1) is 11.7 Å². The number of carbonyl (C=O) groups is 1.